The van der Waals surface area contributed by atoms with Gasteiger partial charge in [0.2, 0.25) is 0 Å². The number of thiophene rings is 1. The quantitative estimate of drug-likeness (QED) is 0.614. The number of nitrogen functional groups attached to an aromatic ring is 1. The van der Waals surface area contributed by atoms with Crippen LogP contribution in [-0.2, 0) is 11.2 Å². The molecule has 0 aliphatic carbocycles. The Morgan fingerprint density at radius 3 is 2.81 bits per heavy atom. The Balaban J connectivity index is 2.62. The summed E-state index contributed by atoms with van der Waals surface area (Å²) >= 11 is 1.42. The summed E-state index contributed by atoms with van der Waals surface area (Å²) in [5.41, 5.74) is 7.37. The van der Waals surface area contributed by atoms with Crippen molar-refractivity contribution in [1.29, 1.82) is 0 Å². The fourth-order valence-electron chi connectivity index (χ4n) is 1.67. The van der Waals surface area contributed by atoms with Gasteiger partial charge in [-0.25, -0.2) is 4.79 Å². The number of esters is 1. The number of rotatable bonds is 6. The number of carbonyl (C=O) groups excluding carboxylic acids is 1. The van der Waals surface area contributed by atoms with Crippen molar-refractivity contribution in [2.45, 2.75) is 39.0 Å². The second-order valence-corrected chi connectivity index (χ2v) is 4.71. The van der Waals surface area contributed by atoms with E-state index in [4.69, 9.17) is 10.5 Å². The third kappa shape index (κ3) is 3.23. The van der Waals surface area contributed by atoms with E-state index in [0.29, 0.717) is 10.6 Å². The van der Waals surface area contributed by atoms with Gasteiger partial charge >= 0.3 is 5.97 Å². The van der Waals surface area contributed by atoms with Gasteiger partial charge in [-0.05, 0) is 23.8 Å². The van der Waals surface area contributed by atoms with Crippen LogP contribution in [0.4, 0.5) is 5.00 Å². The summed E-state index contributed by atoms with van der Waals surface area (Å²) in [6, 6.07) is 0. The smallest absolute Gasteiger partial charge is 0.341 e. The molecular weight excluding hydrogens is 222 g/mol. The molecule has 16 heavy (non-hydrogen) atoms. The van der Waals surface area contributed by atoms with Gasteiger partial charge in [-0.3, -0.25) is 0 Å². The maximum atomic E-state index is 11.5. The number of carbonyl (C=O) groups is 1. The van der Waals surface area contributed by atoms with E-state index in [1.165, 1.54) is 37.7 Å². The minimum Gasteiger partial charge on any atom is -0.465 e. The zero-order valence-electron chi connectivity index (χ0n) is 9.91. The molecule has 0 spiro atoms. The van der Waals surface area contributed by atoms with Crippen LogP contribution < -0.4 is 5.73 Å². The largest absolute Gasteiger partial charge is 0.465 e. The van der Waals surface area contributed by atoms with Crippen molar-refractivity contribution in [3.8, 4) is 0 Å². The number of hydrogen-bond donors (Lipinski definition) is 1. The molecule has 0 fully saturated rings. The zero-order valence-corrected chi connectivity index (χ0v) is 10.7. The summed E-state index contributed by atoms with van der Waals surface area (Å²) in [4.78, 5) is 11.5. The molecule has 0 aliphatic heterocycles. The Kier molecular flexibility index (Phi) is 5.32. The van der Waals surface area contributed by atoms with Crippen molar-refractivity contribution < 1.29 is 9.53 Å². The van der Waals surface area contributed by atoms with Gasteiger partial charge in [-0.15, -0.1) is 11.3 Å². The van der Waals surface area contributed by atoms with E-state index in [9.17, 15) is 4.79 Å². The lowest BCUT2D eigenvalue weighted by atomic mass is 10.1. The van der Waals surface area contributed by atoms with Crippen LogP contribution in [0.1, 0.15) is 48.5 Å². The summed E-state index contributed by atoms with van der Waals surface area (Å²) < 4.78 is 4.73. The van der Waals surface area contributed by atoms with E-state index < -0.39 is 0 Å². The Morgan fingerprint density at radius 1 is 1.44 bits per heavy atom. The van der Waals surface area contributed by atoms with Crippen molar-refractivity contribution in [3.05, 3.63) is 16.5 Å². The van der Waals surface area contributed by atoms with Crippen LogP contribution in [0.25, 0.3) is 0 Å². The molecule has 0 saturated carbocycles. The predicted molar refractivity (Wildman–Crippen MR) is 67.9 cm³/mol. The second-order valence-electron chi connectivity index (χ2n) is 3.80. The molecule has 3 nitrogen and oxygen atoms in total. The maximum Gasteiger partial charge on any atom is 0.341 e. The first-order valence-corrected chi connectivity index (χ1v) is 6.52. The molecule has 1 rings (SSSR count). The van der Waals surface area contributed by atoms with E-state index in [1.807, 2.05) is 5.38 Å². The van der Waals surface area contributed by atoms with Crippen molar-refractivity contribution >= 4 is 22.3 Å². The van der Waals surface area contributed by atoms with Gasteiger partial charge in [0.15, 0.2) is 0 Å². The van der Waals surface area contributed by atoms with Crippen LogP contribution in [0.2, 0.25) is 0 Å². The van der Waals surface area contributed by atoms with E-state index in [-0.39, 0.29) is 5.97 Å². The molecular formula is C12H19NO2S. The number of aryl methyl sites for hydroxylation is 1. The zero-order chi connectivity index (χ0) is 12.0. The van der Waals surface area contributed by atoms with Crippen LogP contribution in [0, 0.1) is 0 Å². The molecule has 0 unspecified atom stereocenters. The van der Waals surface area contributed by atoms with E-state index >= 15 is 0 Å². The number of hydrogen-bond acceptors (Lipinski definition) is 4. The molecule has 0 aromatic carbocycles. The Morgan fingerprint density at radius 2 is 2.19 bits per heavy atom. The average Bonchev–Trinajstić information content (AvgIpc) is 2.65. The lowest BCUT2D eigenvalue weighted by molar-refractivity contribution is 0.0601. The molecule has 0 atom stereocenters. The van der Waals surface area contributed by atoms with Crippen molar-refractivity contribution in [3.63, 3.8) is 0 Å². The fourth-order valence-corrected chi connectivity index (χ4v) is 2.51. The van der Waals surface area contributed by atoms with Crippen LogP contribution >= 0.6 is 11.3 Å². The molecule has 4 heteroatoms. The summed E-state index contributed by atoms with van der Waals surface area (Å²) in [6.45, 7) is 2.18. The summed E-state index contributed by atoms with van der Waals surface area (Å²) in [6.07, 6.45) is 5.68. The second kappa shape index (κ2) is 6.53. The van der Waals surface area contributed by atoms with Gasteiger partial charge in [0.1, 0.15) is 5.00 Å². The topological polar surface area (TPSA) is 52.3 Å². The Labute approximate surface area is 101 Å². The molecule has 2 N–H and O–H groups in total. The van der Waals surface area contributed by atoms with E-state index in [0.717, 1.165) is 18.4 Å². The highest BCUT2D eigenvalue weighted by atomic mass is 32.1. The van der Waals surface area contributed by atoms with Crippen molar-refractivity contribution in [1.82, 2.24) is 0 Å². The van der Waals surface area contributed by atoms with Gasteiger partial charge in [0.25, 0.3) is 0 Å². The molecule has 0 bridgehead atoms. The van der Waals surface area contributed by atoms with Crippen LogP contribution in [0.15, 0.2) is 5.38 Å². The molecule has 0 saturated heterocycles. The number of nitrogens with two attached hydrogens (primary N) is 1. The molecule has 90 valence electrons. The highest BCUT2D eigenvalue weighted by Crippen LogP contribution is 2.27. The molecule has 1 aromatic rings. The first-order valence-electron chi connectivity index (χ1n) is 5.64. The highest BCUT2D eigenvalue weighted by Gasteiger charge is 2.17. The minimum absolute atomic E-state index is 0.316. The molecule has 0 amide bonds. The third-order valence-electron chi connectivity index (χ3n) is 2.58. The van der Waals surface area contributed by atoms with Gasteiger partial charge in [0, 0.05) is 0 Å². The molecule has 0 aliphatic rings. The summed E-state index contributed by atoms with van der Waals surface area (Å²) in [5.74, 6) is -0.316. The van der Waals surface area contributed by atoms with Crippen LogP contribution in [0.3, 0.4) is 0 Å². The monoisotopic (exact) mass is 241 g/mol. The Hall–Kier alpha value is -1.03. The van der Waals surface area contributed by atoms with Gasteiger partial charge in [-0.1, -0.05) is 26.2 Å². The minimum atomic E-state index is -0.316. The number of methoxy groups -OCH3 is 1. The first-order chi connectivity index (χ1) is 7.70. The van der Waals surface area contributed by atoms with Gasteiger partial charge in [0.05, 0.1) is 12.7 Å². The standard InChI is InChI=1S/C12H19NO2S/c1-3-4-5-6-7-9-8-16-11(13)10(9)12(14)15-2/h8H,3-7,13H2,1-2H3. The summed E-state index contributed by atoms with van der Waals surface area (Å²) in [7, 11) is 1.39. The van der Waals surface area contributed by atoms with E-state index in [1.54, 1.807) is 0 Å². The van der Waals surface area contributed by atoms with Crippen molar-refractivity contribution in [2.24, 2.45) is 0 Å². The van der Waals surface area contributed by atoms with Gasteiger partial charge < -0.3 is 10.5 Å². The van der Waals surface area contributed by atoms with Crippen LogP contribution in [-0.4, -0.2) is 13.1 Å². The SMILES string of the molecule is CCCCCCc1csc(N)c1C(=O)OC. The molecule has 0 radical (unpaired) electrons. The Bertz CT molecular complexity index is 347. The molecule has 1 heterocycles. The highest BCUT2D eigenvalue weighted by molar-refractivity contribution is 7.14. The number of ether oxygens (including phenoxy) is 1. The normalized spacial score (nSPS) is 10.4. The fraction of sp³-hybridized carbons (Fsp3) is 0.583. The van der Waals surface area contributed by atoms with Gasteiger partial charge in [-0.2, -0.15) is 0 Å². The number of unbranched alkanes of at least 4 members (excludes halogenated alkanes) is 3. The third-order valence-corrected chi connectivity index (χ3v) is 3.45. The first kappa shape index (κ1) is 13.0. The molecule has 1 aromatic heterocycles. The summed E-state index contributed by atoms with van der Waals surface area (Å²) in [5, 5.41) is 2.53. The average molecular weight is 241 g/mol. The van der Waals surface area contributed by atoms with E-state index in [2.05, 4.69) is 6.92 Å². The van der Waals surface area contributed by atoms with Crippen LogP contribution in [0.5, 0.6) is 0 Å². The van der Waals surface area contributed by atoms with Crippen molar-refractivity contribution in [2.75, 3.05) is 12.8 Å². The predicted octanol–water partition coefficient (Wildman–Crippen LogP) is 3.24. The lowest BCUT2D eigenvalue weighted by Crippen LogP contribution is -2.06. The lowest BCUT2D eigenvalue weighted by Gasteiger charge is -2.03. The number of anilines is 1. The maximum absolute atomic E-state index is 11.5.